The lowest BCUT2D eigenvalue weighted by Gasteiger charge is -2.33. The van der Waals surface area contributed by atoms with Gasteiger partial charge in [0.15, 0.2) is 0 Å². The van der Waals surface area contributed by atoms with Crippen molar-refractivity contribution in [2.45, 2.75) is 31.8 Å². The summed E-state index contributed by atoms with van der Waals surface area (Å²) in [5, 5.41) is 4.21. The first-order chi connectivity index (χ1) is 10.3. The minimum Gasteiger partial charge on any atom is -0.372 e. The van der Waals surface area contributed by atoms with Crippen LogP contribution < -0.4 is 4.90 Å². The molecule has 1 amide bonds. The second-order valence-electron chi connectivity index (χ2n) is 6.10. The fraction of sp³-hybridized carbons (Fsp3) is 0.688. The lowest BCUT2D eigenvalue weighted by Crippen LogP contribution is -3.15. The van der Waals surface area contributed by atoms with Gasteiger partial charge in [-0.1, -0.05) is 0 Å². The molecule has 5 heteroatoms. The van der Waals surface area contributed by atoms with Crippen LogP contribution in [0.5, 0.6) is 0 Å². The number of nitrogens with one attached hydrogen (secondary N) is 1. The van der Waals surface area contributed by atoms with Crippen LogP contribution in [0.15, 0.2) is 16.8 Å². The molecular formula is C16H25N2O2S+. The number of nitrogens with zero attached hydrogens (tertiary/aromatic N) is 1. The number of ether oxygens (including phenoxy) is 1. The van der Waals surface area contributed by atoms with Crippen LogP contribution in [0.2, 0.25) is 0 Å². The Labute approximate surface area is 130 Å². The van der Waals surface area contributed by atoms with E-state index in [2.05, 4.69) is 16.8 Å². The Bertz CT molecular complexity index is 435. The number of carbonyl (C=O) groups excluding carboxylic acids is 1. The SMILES string of the molecule is O=C(CCc1ccsc1)N1CC[NH+](C[C@H]2CCCO2)CC1. The van der Waals surface area contributed by atoms with E-state index in [1.807, 2.05) is 4.90 Å². The first kappa shape index (κ1) is 15.0. The zero-order chi connectivity index (χ0) is 14.5. The lowest BCUT2D eigenvalue weighted by molar-refractivity contribution is -0.906. The minimum absolute atomic E-state index is 0.317. The molecule has 0 saturated carbocycles. The number of carbonyl (C=O) groups is 1. The Morgan fingerprint density at radius 2 is 2.29 bits per heavy atom. The molecule has 1 N–H and O–H groups in total. The van der Waals surface area contributed by atoms with Crippen LogP contribution in [0.3, 0.4) is 0 Å². The van der Waals surface area contributed by atoms with Crippen molar-refractivity contribution in [1.29, 1.82) is 0 Å². The summed E-state index contributed by atoms with van der Waals surface area (Å²) in [4.78, 5) is 15.9. The monoisotopic (exact) mass is 309 g/mol. The number of hydrogen-bond acceptors (Lipinski definition) is 3. The van der Waals surface area contributed by atoms with Gasteiger partial charge in [-0.2, -0.15) is 11.3 Å². The molecular weight excluding hydrogens is 284 g/mol. The first-order valence-corrected chi connectivity index (χ1v) is 8.99. The van der Waals surface area contributed by atoms with E-state index >= 15 is 0 Å². The number of thiophene rings is 1. The molecule has 4 nitrogen and oxygen atoms in total. The number of hydrogen-bond donors (Lipinski definition) is 1. The molecule has 0 radical (unpaired) electrons. The quantitative estimate of drug-likeness (QED) is 0.864. The molecule has 3 rings (SSSR count). The fourth-order valence-electron chi connectivity index (χ4n) is 3.25. The van der Waals surface area contributed by atoms with Crippen LogP contribution in [0.25, 0.3) is 0 Å². The molecule has 2 aliphatic heterocycles. The second-order valence-corrected chi connectivity index (χ2v) is 6.88. The summed E-state index contributed by atoms with van der Waals surface area (Å²) in [6.07, 6.45) is 4.42. The van der Waals surface area contributed by atoms with Gasteiger partial charge in [-0.3, -0.25) is 4.79 Å². The Balaban J connectivity index is 1.37. The Morgan fingerprint density at radius 1 is 1.43 bits per heavy atom. The van der Waals surface area contributed by atoms with Gasteiger partial charge >= 0.3 is 0 Å². The van der Waals surface area contributed by atoms with Gasteiger partial charge in [0.25, 0.3) is 0 Å². The maximum Gasteiger partial charge on any atom is 0.223 e. The summed E-state index contributed by atoms with van der Waals surface area (Å²) in [7, 11) is 0. The predicted molar refractivity (Wildman–Crippen MR) is 83.8 cm³/mol. The van der Waals surface area contributed by atoms with Crippen molar-refractivity contribution in [1.82, 2.24) is 4.90 Å². The van der Waals surface area contributed by atoms with E-state index in [4.69, 9.17) is 4.74 Å². The number of quaternary nitrogens is 1. The third-order valence-corrected chi connectivity index (χ3v) is 5.30. The van der Waals surface area contributed by atoms with Gasteiger partial charge in [-0.25, -0.2) is 0 Å². The summed E-state index contributed by atoms with van der Waals surface area (Å²) in [6.45, 7) is 6.02. The number of aryl methyl sites for hydroxylation is 1. The Kier molecular flexibility index (Phi) is 5.27. The van der Waals surface area contributed by atoms with Crippen molar-refractivity contribution in [3.8, 4) is 0 Å². The third kappa shape index (κ3) is 4.28. The van der Waals surface area contributed by atoms with Crippen LogP contribution in [-0.2, 0) is 16.0 Å². The smallest absolute Gasteiger partial charge is 0.223 e. The minimum atomic E-state index is 0.317. The summed E-state index contributed by atoms with van der Waals surface area (Å²) >= 11 is 1.70. The molecule has 0 aliphatic carbocycles. The molecule has 2 aliphatic rings. The van der Waals surface area contributed by atoms with E-state index in [9.17, 15) is 4.79 Å². The van der Waals surface area contributed by atoms with Gasteiger partial charge in [0.2, 0.25) is 5.91 Å². The first-order valence-electron chi connectivity index (χ1n) is 8.05. The Hall–Kier alpha value is -0.910. The number of piperazine rings is 1. The molecule has 3 heterocycles. The normalized spacial score (nSPS) is 23.6. The second kappa shape index (κ2) is 7.38. The summed E-state index contributed by atoms with van der Waals surface area (Å²) < 4.78 is 5.71. The van der Waals surface area contributed by atoms with Crippen molar-refractivity contribution in [3.63, 3.8) is 0 Å². The molecule has 0 aromatic carbocycles. The summed E-state index contributed by atoms with van der Waals surface area (Å²) in [6, 6.07) is 2.11. The van der Waals surface area contributed by atoms with Gasteiger partial charge in [0.1, 0.15) is 12.6 Å². The number of rotatable bonds is 5. The molecule has 1 aromatic heterocycles. The van der Waals surface area contributed by atoms with Gasteiger partial charge < -0.3 is 14.5 Å². The summed E-state index contributed by atoms with van der Waals surface area (Å²) in [5.41, 5.74) is 1.29. The highest BCUT2D eigenvalue weighted by Crippen LogP contribution is 2.11. The van der Waals surface area contributed by atoms with Gasteiger partial charge in [-0.15, -0.1) is 0 Å². The fourth-order valence-corrected chi connectivity index (χ4v) is 3.95. The lowest BCUT2D eigenvalue weighted by atomic mass is 10.1. The van der Waals surface area contributed by atoms with Gasteiger partial charge in [0.05, 0.1) is 26.2 Å². The molecule has 0 spiro atoms. The molecule has 0 unspecified atom stereocenters. The molecule has 2 fully saturated rings. The zero-order valence-corrected chi connectivity index (χ0v) is 13.4. The maximum atomic E-state index is 12.2. The van der Waals surface area contributed by atoms with Crippen LogP contribution in [0.1, 0.15) is 24.8 Å². The van der Waals surface area contributed by atoms with E-state index in [1.165, 1.54) is 18.4 Å². The van der Waals surface area contributed by atoms with Gasteiger partial charge in [-0.05, 0) is 41.7 Å². The van der Waals surface area contributed by atoms with Crippen LogP contribution in [-0.4, -0.2) is 56.2 Å². The molecule has 2 saturated heterocycles. The average molecular weight is 309 g/mol. The molecule has 116 valence electrons. The van der Waals surface area contributed by atoms with Crippen molar-refractivity contribution in [3.05, 3.63) is 22.4 Å². The average Bonchev–Trinajstić information content (AvgIpc) is 3.19. The van der Waals surface area contributed by atoms with Crippen molar-refractivity contribution in [2.24, 2.45) is 0 Å². The highest BCUT2D eigenvalue weighted by Gasteiger charge is 2.27. The predicted octanol–water partition coefficient (Wildman–Crippen LogP) is 0.587. The van der Waals surface area contributed by atoms with E-state index in [0.717, 1.165) is 45.8 Å². The maximum absolute atomic E-state index is 12.2. The standard InChI is InChI=1S/C16H24N2O2S/c19-16(4-3-14-5-11-21-13-14)18-8-6-17(7-9-18)12-15-2-1-10-20-15/h5,11,13,15H,1-4,6-10,12H2/p+1/t15-/m1/s1. The Morgan fingerprint density at radius 3 is 2.95 bits per heavy atom. The van der Waals surface area contributed by atoms with E-state index in [0.29, 0.717) is 18.4 Å². The molecule has 1 aromatic rings. The van der Waals surface area contributed by atoms with E-state index in [-0.39, 0.29) is 0 Å². The highest BCUT2D eigenvalue weighted by molar-refractivity contribution is 7.07. The molecule has 1 atom stereocenters. The summed E-state index contributed by atoms with van der Waals surface area (Å²) in [5.74, 6) is 0.317. The van der Waals surface area contributed by atoms with Crippen LogP contribution in [0.4, 0.5) is 0 Å². The van der Waals surface area contributed by atoms with Crippen molar-refractivity contribution in [2.75, 3.05) is 39.3 Å². The number of amides is 1. The van der Waals surface area contributed by atoms with Crippen LogP contribution >= 0.6 is 11.3 Å². The van der Waals surface area contributed by atoms with Gasteiger partial charge in [0, 0.05) is 13.0 Å². The highest BCUT2D eigenvalue weighted by atomic mass is 32.1. The largest absolute Gasteiger partial charge is 0.372 e. The van der Waals surface area contributed by atoms with E-state index in [1.54, 1.807) is 16.2 Å². The van der Waals surface area contributed by atoms with Crippen molar-refractivity contribution < 1.29 is 14.4 Å². The van der Waals surface area contributed by atoms with Crippen LogP contribution in [0, 0.1) is 0 Å². The molecule has 21 heavy (non-hydrogen) atoms. The third-order valence-electron chi connectivity index (χ3n) is 4.57. The molecule has 0 bridgehead atoms. The van der Waals surface area contributed by atoms with Crippen molar-refractivity contribution >= 4 is 17.2 Å². The van der Waals surface area contributed by atoms with E-state index < -0.39 is 0 Å². The zero-order valence-electron chi connectivity index (χ0n) is 12.6. The topological polar surface area (TPSA) is 34.0 Å².